The summed E-state index contributed by atoms with van der Waals surface area (Å²) in [6.07, 6.45) is 44.8. The zero-order valence-corrected chi connectivity index (χ0v) is 38.4. The number of rotatable bonds is 44. The van der Waals surface area contributed by atoms with Crippen LogP contribution in [-0.4, -0.2) is 59.2 Å². The molecule has 0 spiro atoms. The van der Waals surface area contributed by atoms with E-state index in [0.717, 1.165) is 110 Å². The minimum atomic E-state index is 0.0628. The Bertz CT molecular complexity index is 928. The van der Waals surface area contributed by atoms with Gasteiger partial charge in [-0.1, -0.05) is 182 Å². The minimum absolute atomic E-state index is 0.0628. The molecule has 1 aromatic heterocycles. The van der Waals surface area contributed by atoms with Crippen LogP contribution in [0.4, 0.5) is 0 Å². The lowest BCUT2D eigenvalue weighted by Crippen LogP contribution is -2.28. The number of esters is 2. The molecule has 334 valence electrons. The Labute approximate surface area is 354 Å². The van der Waals surface area contributed by atoms with Crippen LogP contribution in [-0.2, 0) is 25.6 Å². The molecular weight excluding hydrogens is 707 g/mol. The van der Waals surface area contributed by atoms with Gasteiger partial charge >= 0.3 is 11.9 Å². The lowest BCUT2D eigenvalue weighted by Gasteiger charge is -2.22. The van der Waals surface area contributed by atoms with Crippen LogP contribution < -0.4 is 0 Å². The Balaban J connectivity index is 2.38. The van der Waals surface area contributed by atoms with E-state index in [1.807, 2.05) is 12.5 Å². The van der Waals surface area contributed by atoms with Crippen molar-refractivity contribution in [2.75, 3.05) is 32.8 Å². The van der Waals surface area contributed by atoms with Crippen molar-refractivity contribution < 1.29 is 19.1 Å². The van der Waals surface area contributed by atoms with Crippen molar-refractivity contribution in [1.82, 2.24) is 14.5 Å². The van der Waals surface area contributed by atoms with Gasteiger partial charge in [0, 0.05) is 18.9 Å². The number of carbonyl (C=O) groups is 2. The molecule has 0 saturated carbocycles. The molecule has 1 rings (SSSR count). The standard InChI is InChI=1S/C50H95N3O4/c1-5-9-13-17-19-27-36-47(34-25-15-11-7-3)49(54)56-44-31-23-21-29-39-52(41-33-42-53-43-38-51-46-53)40-30-22-24-32-45-57-50(55)48(35-26-16-12-8-4)37-28-20-18-14-10-6-2/h38,43,46-48H,5-37,39-42,44-45H2,1-4H3/t47-,48?/m1/s1. The minimum Gasteiger partial charge on any atom is -0.465 e. The van der Waals surface area contributed by atoms with Gasteiger partial charge in [0.2, 0.25) is 0 Å². The Kier molecular flexibility index (Phi) is 38.1. The van der Waals surface area contributed by atoms with Gasteiger partial charge in [-0.15, -0.1) is 0 Å². The van der Waals surface area contributed by atoms with Gasteiger partial charge in [-0.2, -0.15) is 0 Å². The summed E-state index contributed by atoms with van der Waals surface area (Å²) < 4.78 is 13.9. The van der Waals surface area contributed by atoms with Gasteiger partial charge in [-0.05, 0) is 77.4 Å². The van der Waals surface area contributed by atoms with E-state index >= 15 is 0 Å². The Morgan fingerprint density at radius 3 is 1.23 bits per heavy atom. The summed E-state index contributed by atoms with van der Waals surface area (Å²) in [7, 11) is 0. The highest BCUT2D eigenvalue weighted by Gasteiger charge is 2.20. The molecule has 7 nitrogen and oxygen atoms in total. The van der Waals surface area contributed by atoms with E-state index < -0.39 is 0 Å². The lowest BCUT2D eigenvalue weighted by molar-refractivity contribution is -0.150. The topological polar surface area (TPSA) is 73.7 Å². The average molecular weight is 802 g/mol. The van der Waals surface area contributed by atoms with Crippen molar-refractivity contribution in [1.29, 1.82) is 0 Å². The zero-order chi connectivity index (χ0) is 41.3. The highest BCUT2D eigenvalue weighted by Crippen LogP contribution is 2.22. The van der Waals surface area contributed by atoms with E-state index in [-0.39, 0.29) is 23.8 Å². The Hall–Kier alpha value is -1.89. The SMILES string of the molecule is CCCCCCCCC(CCCCCC)C(=O)OCCCCCCN(CCCCCCOC(=O)[C@H](CCCCCC)CCCCCCCC)CCCn1ccnc1. The summed E-state index contributed by atoms with van der Waals surface area (Å²) in [5, 5.41) is 0. The molecule has 0 radical (unpaired) electrons. The van der Waals surface area contributed by atoms with E-state index in [4.69, 9.17) is 9.47 Å². The van der Waals surface area contributed by atoms with Crippen LogP contribution in [0.1, 0.15) is 240 Å². The van der Waals surface area contributed by atoms with Crippen LogP contribution in [0.25, 0.3) is 0 Å². The number of nitrogens with zero attached hydrogens (tertiary/aromatic N) is 3. The summed E-state index contributed by atoms with van der Waals surface area (Å²) >= 11 is 0. The maximum atomic E-state index is 13.0. The monoisotopic (exact) mass is 802 g/mol. The van der Waals surface area contributed by atoms with Gasteiger partial charge < -0.3 is 18.9 Å². The molecule has 1 unspecified atom stereocenters. The lowest BCUT2D eigenvalue weighted by atomic mass is 9.94. The van der Waals surface area contributed by atoms with Gasteiger partial charge in [0.15, 0.2) is 0 Å². The molecule has 0 bridgehead atoms. The van der Waals surface area contributed by atoms with E-state index in [1.54, 1.807) is 0 Å². The summed E-state index contributed by atoms with van der Waals surface area (Å²) in [5.41, 5.74) is 0. The molecule has 0 aromatic carbocycles. The molecule has 1 aromatic rings. The van der Waals surface area contributed by atoms with Crippen LogP contribution in [0.3, 0.4) is 0 Å². The second-order valence-corrected chi connectivity index (χ2v) is 17.4. The number of aryl methyl sites for hydroxylation is 1. The quantitative estimate of drug-likeness (QED) is 0.0483. The van der Waals surface area contributed by atoms with Crippen LogP contribution >= 0.6 is 0 Å². The molecule has 2 atom stereocenters. The molecule has 0 aliphatic heterocycles. The van der Waals surface area contributed by atoms with E-state index in [0.29, 0.717) is 13.2 Å². The summed E-state index contributed by atoms with van der Waals surface area (Å²) in [5.74, 6) is 0.313. The van der Waals surface area contributed by atoms with Crippen LogP contribution in [0.15, 0.2) is 18.7 Å². The molecule has 0 aliphatic carbocycles. The van der Waals surface area contributed by atoms with Crippen molar-refractivity contribution in [3.8, 4) is 0 Å². The number of ether oxygens (including phenoxy) is 2. The van der Waals surface area contributed by atoms with Gasteiger partial charge in [-0.3, -0.25) is 9.59 Å². The Morgan fingerprint density at radius 1 is 0.474 bits per heavy atom. The number of unbranched alkanes of at least 4 members (excludes halogenated alkanes) is 22. The first kappa shape index (κ1) is 53.1. The predicted octanol–water partition coefficient (Wildman–Crippen LogP) is 14.5. The fourth-order valence-corrected chi connectivity index (χ4v) is 8.13. The predicted molar refractivity (Wildman–Crippen MR) is 243 cm³/mol. The molecule has 0 amide bonds. The van der Waals surface area contributed by atoms with E-state index in [2.05, 4.69) is 48.3 Å². The summed E-state index contributed by atoms with van der Waals surface area (Å²) in [4.78, 5) is 32.9. The third kappa shape index (κ3) is 32.6. The van der Waals surface area contributed by atoms with Gasteiger partial charge in [0.1, 0.15) is 0 Å². The molecule has 1 heterocycles. The molecule has 0 aliphatic rings. The fourth-order valence-electron chi connectivity index (χ4n) is 8.13. The molecule has 0 fully saturated rings. The van der Waals surface area contributed by atoms with Crippen LogP contribution in [0, 0.1) is 11.8 Å². The first-order chi connectivity index (χ1) is 28.0. The normalized spacial score (nSPS) is 12.6. The first-order valence-electron chi connectivity index (χ1n) is 25.1. The second-order valence-electron chi connectivity index (χ2n) is 17.4. The third-order valence-electron chi connectivity index (χ3n) is 12.0. The van der Waals surface area contributed by atoms with Crippen LogP contribution in [0.2, 0.25) is 0 Å². The van der Waals surface area contributed by atoms with Crippen molar-refractivity contribution >= 4 is 11.9 Å². The van der Waals surface area contributed by atoms with Crippen molar-refractivity contribution in [2.24, 2.45) is 11.8 Å². The van der Waals surface area contributed by atoms with Crippen molar-refractivity contribution in [2.45, 2.75) is 246 Å². The summed E-state index contributed by atoms with van der Waals surface area (Å²) in [6.45, 7) is 14.5. The zero-order valence-electron chi connectivity index (χ0n) is 38.4. The number of carbonyl (C=O) groups excluding carboxylic acids is 2. The summed E-state index contributed by atoms with van der Waals surface area (Å²) in [6, 6.07) is 0. The highest BCUT2D eigenvalue weighted by molar-refractivity contribution is 5.72. The van der Waals surface area contributed by atoms with Gasteiger partial charge in [-0.25, -0.2) is 4.98 Å². The largest absolute Gasteiger partial charge is 0.465 e. The van der Waals surface area contributed by atoms with E-state index in [1.165, 1.54) is 128 Å². The maximum absolute atomic E-state index is 13.0. The van der Waals surface area contributed by atoms with Crippen molar-refractivity contribution in [3.05, 3.63) is 18.7 Å². The molecule has 0 saturated heterocycles. The number of imidazole rings is 1. The number of hydrogen-bond acceptors (Lipinski definition) is 6. The average Bonchev–Trinajstić information content (AvgIpc) is 3.74. The fraction of sp³-hybridized carbons (Fsp3) is 0.900. The Morgan fingerprint density at radius 2 is 0.825 bits per heavy atom. The highest BCUT2D eigenvalue weighted by atomic mass is 16.5. The molecule has 0 N–H and O–H groups in total. The molecule has 7 heteroatoms. The van der Waals surface area contributed by atoms with Crippen LogP contribution in [0.5, 0.6) is 0 Å². The van der Waals surface area contributed by atoms with E-state index in [9.17, 15) is 9.59 Å². The second kappa shape index (κ2) is 40.9. The smallest absolute Gasteiger partial charge is 0.308 e. The first-order valence-corrected chi connectivity index (χ1v) is 25.1. The number of hydrogen-bond donors (Lipinski definition) is 0. The van der Waals surface area contributed by atoms with Crippen molar-refractivity contribution in [3.63, 3.8) is 0 Å². The molecular formula is C50H95N3O4. The van der Waals surface area contributed by atoms with Gasteiger partial charge in [0.05, 0.1) is 31.4 Å². The third-order valence-corrected chi connectivity index (χ3v) is 12.0. The van der Waals surface area contributed by atoms with Gasteiger partial charge in [0.25, 0.3) is 0 Å². The number of aromatic nitrogens is 2. The maximum Gasteiger partial charge on any atom is 0.308 e. The molecule has 57 heavy (non-hydrogen) atoms.